The van der Waals surface area contributed by atoms with Gasteiger partial charge in [0.05, 0.1) is 6.61 Å². The summed E-state index contributed by atoms with van der Waals surface area (Å²) in [5.41, 5.74) is 7.51. The van der Waals surface area contributed by atoms with Crippen LogP contribution in [0.4, 0.5) is 0 Å². The van der Waals surface area contributed by atoms with Crippen LogP contribution in [0.25, 0.3) is 0 Å². The van der Waals surface area contributed by atoms with Gasteiger partial charge in [0.15, 0.2) is 0 Å². The Morgan fingerprint density at radius 3 is 2.24 bits per heavy atom. The highest BCUT2D eigenvalue weighted by atomic mass is 32.2. The molecule has 3 atom stereocenters. The van der Waals surface area contributed by atoms with Gasteiger partial charge in [0, 0.05) is 16.5 Å². The molecule has 0 aromatic heterocycles. The Bertz CT molecular complexity index is 315. The summed E-state index contributed by atoms with van der Waals surface area (Å²) in [5.74, 6) is 0.490. The molecule has 0 spiro atoms. The summed E-state index contributed by atoms with van der Waals surface area (Å²) in [6.07, 6.45) is 0. The van der Waals surface area contributed by atoms with Gasteiger partial charge in [-0.05, 0) is 11.5 Å². The van der Waals surface area contributed by atoms with Gasteiger partial charge < -0.3 is 10.8 Å². The fraction of sp³-hybridized carbons (Fsp3) is 0.571. The largest absolute Gasteiger partial charge is 0.395 e. The number of nitrogens with two attached hydrogens (primary N) is 1. The second-order valence-corrected chi connectivity index (χ2v) is 6.40. The maximum Gasteiger partial charge on any atom is 0.0547 e. The van der Waals surface area contributed by atoms with Crippen LogP contribution in [-0.2, 0) is 0 Å². The van der Waals surface area contributed by atoms with Crippen molar-refractivity contribution in [3.8, 4) is 0 Å². The lowest BCUT2D eigenvalue weighted by molar-refractivity contribution is 0.299. The molecule has 0 aliphatic carbocycles. The van der Waals surface area contributed by atoms with E-state index in [1.54, 1.807) is 11.8 Å². The average molecular weight is 253 g/mol. The van der Waals surface area contributed by atoms with Crippen molar-refractivity contribution in [1.29, 1.82) is 0 Å². The Hall–Kier alpha value is -0.510. The van der Waals surface area contributed by atoms with E-state index in [9.17, 15) is 0 Å². The summed E-state index contributed by atoms with van der Waals surface area (Å²) in [4.78, 5) is 0. The molecule has 0 amide bonds. The van der Waals surface area contributed by atoms with Crippen LogP contribution in [-0.4, -0.2) is 22.2 Å². The molecule has 3 N–H and O–H groups in total. The van der Waals surface area contributed by atoms with Crippen molar-refractivity contribution >= 4 is 11.8 Å². The zero-order chi connectivity index (χ0) is 12.8. The highest BCUT2D eigenvalue weighted by Crippen LogP contribution is 2.32. The minimum absolute atomic E-state index is 0.0233. The van der Waals surface area contributed by atoms with E-state index in [-0.39, 0.29) is 17.9 Å². The summed E-state index contributed by atoms with van der Waals surface area (Å²) in [6, 6.07) is 10.2. The molecule has 3 heteroatoms. The summed E-state index contributed by atoms with van der Waals surface area (Å²) in [7, 11) is 0. The quantitative estimate of drug-likeness (QED) is 0.819. The number of rotatable bonds is 6. The molecule has 17 heavy (non-hydrogen) atoms. The molecule has 3 unspecified atom stereocenters. The van der Waals surface area contributed by atoms with Crippen LogP contribution in [0.5, 0.6) is 0 Å². The molecule has 1 aromatic carbocycles. The van der Waals surface area contributed by atoms with Crippen LogP contribution in [0.15, 0.2) is 30.3 Å². The van der Waals surface area contributed by atoms with Crippen LogP contribution in [0, 0.1) is 5.92 Å². The molecule has 1 aromatic rings. The fourth-order valence-electron chi connectivity index (χ4n) is 1.83. The van der Waals surface area contributed by atoms with Crippen molar-refractivity contribution in [3.63, 3.8) is 0 Å². The molecule has 96 valence electrons. The highest BCUT2D eigenvalue weighted by molar-refractivity contribution is 8.00. The molecule has 0 bridgehead atoms. The van der Waals surface area contributed by atoms with E-state index in [2.05, 4.69) is 26.0 Å². The molecule has 2 nitrogen and oxygen atoms in total. The Morgan fingerprint density at radius 1 is 1.18 bits per heavy atom. The van der Waals surface area contributed by atoms with E-state index in [0.29, 0.717) is 11.2 Å². The van der Waals surface area contributed by atoms with Gasteiger partial charge >= 0.3 is 0 Å². The smallest absolute Gasteiger partial charge is 0.0547 e. The van der Waals surface area contributed by atoms with Crippen molar-refractivity contribution < 1.29 is 5.11 Å². The minimum atomic E-state index is 0.0233. The van der Waals surface area contributed by atoms with Gasteiger partial charge in [0.2, 0.25) is 0 Å². The Morgan fingerprint density at radius 2 is 1.76 bits per heavy atom. The first-order valence-corrected chi connectivity index (χ1v) is 7.07. The summed E-state index contributed by atoms with van der Waals surface area (Å²) in [5, 5.41) is 9.72. The van der Waals surface area contributed by atoms with Gasteiger partial charge in [-0.25, -0.2) is 0 Å². The second kappa shape index (κ2) is 7.04. The van der Waals surface area contributed by atoms with Gasteiger partial charge in [-0.1, -0.05) is 51.1 Å². The van der Waals surface area contributed by atoms with E-state index in [1.165, 1.54) is 5.56 Å². The topological polar surface area (TPSA) is 46.2 Å². The normalized spacial score (nSPS) is 16.8. The van der Waals surface area contributed by atoms with Crippen molar-refractivity contribution in [3.05, 3.63) is 35.9 Å². The summed E-state index contributed by atoms with van der Waals surface area (Å²) < 4.78 is 0. The molecular formula is C14H23NOS. The average Bonchev–Trinajstić information content (AvgIpc) is 2.35. The van der Waals surface area contributed by atoms with Crippen LogP contribution < -0.4 is 5.73 Å². The third kappa shape index (κ3) is 4.34. The Labute approximate surface area is 109 Å². The molecule has 0 heterocycles. The van der Waals surface area contributed by atoms with Crippen molar-refractivity contribution in [2.75, 3.05) is 6.61 Å². The molecule has 0 aliphatic rings. The van der Waals surface area contributed by atoms with Crippen molar-refractivity contribution in [2.24, 2.45) is 11.7 Å². The maximum absolute atomic E-state index is 9.16. The number of hydrogen-bond acceptors (Lipinski definition) is 3. The monoisotopic (exact) mass is 253 g/mol. The van der Waals surface area contributed by atoms with Crippen LogP contribution in [0.1, 0.15) is 32.4 Å². The summed E-state index contributed by atoms with van der Waals surface area (Å²) in [6.45, 7) is 6.61. The van der Waals surface area contributed by atoms with Gasteiger partial charge in [-0.3, -0.25) is 0 Å². The number of aliphatic hydroxyl groups is 1. The zero-order valence-electron chi connectivity index (χ0n) is 10.8. The van der Waals surface area contributed by atoms with Gasteiger partial charge in [0.1, 0.15) is 0 Å². The van der Waals surface area contributed by atoms with E-state index in [0.717, 1.165) is 0 Å². The second-order valence-electron chi connectivity index (χ2n) is 4.77. The predicted octanol–water partition coefficient (Wildman–Crippen LogP) is 2.83. The molecule has 0 radical (unpaired) electrons. The molecule has 0 aliphatic heterocycles. The number of benzene rings is 1. The first-order chi connectivity index (χ1) is 8.06. The lowest BCUT2D eigenvalue weighted by Gasteiger charge is -2.29. The lowest BCUT2D eigenvalue weighted by Crippen LogP contribution is -2.30. The van der Waals surface area contributed by atoms with E-state index in [4.69, 9.17) is 10.8 Å². The standard InChI is InChI=1S/C14H23NOS/c1-10(2)14(17-11(3)9-16)13(15)12-7-5-4-6-8-12/h4-8,10-11,13-14,16H,9,15H2,1-3H3. The fourth-order valence-corrected chi connectivity index (χ4v) is 3.10. The van der Waals surface area contributed by atoms with Gasteiger partial charge in [-0.15, -0.1) is 0 Å². The number of thioether (sulfide) groups is 1. The van der Waals surface area contributed by atoms with Crippen LogP contribution in [0.2, 0.25) is 0 Å². The molecule has 0 saturated heterocycles. The maximum atomic E-state index is 9.16. The predicted molar refractivity (Wildman–Crippen MR) is 76.1 cm³/mol. The lowest BCUT2D eigenvalue weighted by atomic mass is 9.97. The Kier molecular flexibility index (Phi) is 6.03. The third-order valence-corrected chi connectivity index (χ3v) is 4.61. The van der Waals surface area contributed by atoms with Crippen molar-refractivity contribution in [1.82, 2.24) is 0 Å². The molecular weight excluding hydrogens is 230 g/mol. The van der Waals surface area contributed by atoms with Gasteiger partial charge in [-0.2, -0.15) is 11.8 Å². The highest BCUT2D eigenvalue weighted by Gasteiger charge is 2.24. The first-order valence-electron chi connectivity index (χ1n) is 6.13. The molecule has 1 rings (SSSR count). The van der Waals surface area contributed by atoms with E-state index >= 15 is 0 Å². The van der Waals surface area contributed by atoms with E-state index < -0.39 is 0 Å². The van der Waals surface area contributed by atoms with Crippen LogP contribution >= 0.6 is 11.8 Å². The zero-order valence-corrected chi connectivity index (χ0v) is 11.7. The van der Waals surface area contributed by atoms with Crippen molar-refractivity contribution in [2.45, 2.75) is 37.3 Å². The minimum Gasteiger partial charge on any atom is -0.395 e. The number of aliphatic hydroxyl groups excluding tert-OH is 1. The Balaban J connectivity index is 2.77. The third-order valence-electron chi connectivity index (χ3n) is 2.84. The number of hydrogen-bond donors (Lipinski definition) is 2. The molecule has 0 saturated carbocycles. The first kappa shape index (κ1) is 14.6. The van der Waals surface area contributed by atoms with Gasteiger partial charge in [0.25, 0.3) is 0 Å². The molecule has 0 fully saturated rings. The van der Waals surface area contributed by atoms with E-state index in [1.807, 2.05) is 25.1 Å². The van der Waals surface area contributed by atoms with Crippen LogP contribution in [0.3, 0.4) is 0 Å². The summed E-state index contributed by atoms with van der Waals surface area (Å²) >= 11 is 1.78. The SMILES string of the molecule is CC(CO)SC(C(C)C)C(N)c1ccccc1.